The van der Waals surface area contributed by atoms with E-state index < -0.39 is 0 Å². The summed E-state index contributed by atoms with van der Waals surface area (Å²) in [4.78, 5) is 26.9. The van der Waals surface area contributed by atoms with Gasteiger partial charge in [0.2, 0.25) is 5.91 Å². The summed E-state index contributed by atoms with van der Waals surface area (Å²) in [6, 6.07) is 13.2. The zero-order valence-electron chi connectivity index (χ0n) is 18.1. The van der Waals surface area contributed by atoms with Crippen LogP contribution in [0.5, 0.6) is 5.75 Å². The molecule has 1 saturated heterocycles. The van der Waals surface area contributed by atoms with E-state index in [0.29, 0.717) is 31.6 Å². The van der Waals surface area contributed by atoms with E-state index in [9.17, 15) is 9.59 Å². The largest absolute Gasteiger partial charge is 0.496 e. The summed E-state index contributed by atoms with van der Waals surface area (Å²) >= 11 is 0. The average molecular weight is 411 g/mol. The molecule has 2 amide bonds. The van der Waals surface area contributed by atoms with Gasteiger partial charge in [-0.15, -0.1) is 0 Å². The van der Waals surface area contributed by atoms with Crippen LogP contribution in [0.2, 0.25) is 0 Å². The monoisotopic (exact) mass is 410 g/mol. The molecule has 1 aliphatic heterocycles. The van der Waals surface area contributed by atoms with E-state index in [1.165, 1.54) is 0 Å². The molecule has 2 aromatic carbocycles. The van der Waals surface area contributed by atoms with E-state index in [1.807, 2.05) is 68.1 Å². The smallest absolute Gasteiger partial charge is 0.254 e. The van der Waals surface area contributed by atoms with Crippen molar-refractivity contribution in [1.29, 1.82) is 0 Å². The zero-order chi connectivity index (χ0) is 21.7. The number of morpholine rings is 1. The van der Waals surface area contributed by atoms with Crippen LogP contribution in [0.4, 0.5) is 0 Å². The summed E-state index contributed by atoms with van der Waals surface area (Å²) in [6.07, 6.45) is 0.377. The second-order valence-electron chi connectivity index (χ2n) is 7.92. The van der Waals surface area contributed by atoms with Gasteiger partial charge in [-0.05, 0) is 55.7 Å². The first kappa shape index (κ1) is 21.8. The summed E-state index contributed by atoms with van der Waals surface area (Å²) in [5.74, 6) is 0.739. The van der Waals surface area contributed by atoms with Crippen molar-refractivity contribution in [2.45, 2.75) is 45.9 Å². The van der Waals surface area contributed by atoms with Crippen molar-refractivity contribution in [3.05, 3.63) is 64.7 Å². The third kappa shape index (κ3) is 5.60. The number of rotatable bonds is 6. The van der Waals surface area contributed by atoms with Crippen molar-refractivity contribution in [1.82, 2.24) is 10.2 Å². The Morgan fingerprint density at radius 1 is 1.07 bits per heavy atom. The van der Waals surface area contributed by atoms with Gasteiger partial charge in [0.25, 0.3) is 5.91 Å². The number of methoxy groups -OCH3 is 1. The van der Waals surface area contributed by atoms with Crippen LogP contribution in [0.3, 0.4) is 0 Å². The Balaban J connectivity index is 1.53. The highest BCUT2D eigenvalue weighted by molar-refractivity contribution is 5.94. The summed E-state index contributed by atoms with van der Waals surface area (Å²) in [5.41, 5.74) is 3.55. The molecule has 0 bridgehead atoms. The summed E-state index contributed by atoms with van der Waals surface area (Å²) in [5, 5.41) is 2.93. The minimum Gasteiger partial charge on any atom is -0.496 e. The van der Waals surface area contributed by atoms with Crippen molar-refractivity contribution in [2.75, 3.05) is 20.2 Å². The van der Waals surface area contributed by atoms with Gasteiger partial charge in [0.15, 0.2) is 0 Å². The van der Waals surface area contributed by atoms with E-state index in [2.05, 4.69) is 5.32 Å². The van der Waals surface area contributed by atoms with Gasteiger partial charge >= 0.3 is 0 Å². The first-order valence-electron chi connectivity index (χ1n) is 10.3. The Morgan fingerprint density at radius 3 is 2.33 bits per heavy atom. The molecule has 3 rings (SSSR count). The highest BCUT2D eigenvalue weighted by atomic mass is 16.5. The van der Waals surface area contributed by atoms with Crippen LogP contribution in [0.15, 0.2) is 42.5 Å². The molecule has 2 aromatic rings. The first-order valence-corrected chi connectivity index (χ1v) is 10.3. The number of nitrogens with one attached hydrogen (secondary N) is 1. The van der Waals surface area contributed by atoms with Crippen LogP contribution < -0.4 is 10.1 Å². The van der Waals surface area contributed by atoms with Gasteiger partial charge in [0.1, 0.15) is 5.75 Å². The average Bonchev–Trinajstić information content (AvgIpc) is 2.73. The summed E-state index contributed by atoms with van der Waals surface area (Å²) in [7, 11) is 1.63. The van der Waals surface area contributed by atoms with Crippen LogP contribution in [0.25, 0.3) is 0 Å². The molecule has 1 aliphatic rings. The molecule has 30 heavy (non-hydrogen) atoms. The van der Waals surface area contributed by atoms with Crippen LogP contribution in [-0.2, 0) is 22.5 Å². The second-order valence-corrected chi connectivity index (χ2v) is 7.92. The van der Waals surface area contributed by atoms with Gasteiger partial charge in [-0.2, -0.15) is 0 Å². The summed E-state index contributed by atoms with van der Waals surface area (Å²) in [6.45, 7) is 7.55. The highest BCUT2D eigenvalue weighted by Crippen LogP contribution is 2.19. The molecule has 6 heteroatoms. The molecule has 6 nitrogen and oxygen atoms in total. The predicted octanol–water partition coefficient (Wildman–Crippen LogP) is 3.11. The Morgan fingerprint density at radius 2 is 1.70 bits per heavy atom. The van der Waals surface area contributed by atoms with E-state index in [1.54, 1.807) is 7.11 Å². The van der Waals surface area contributed by atoms with Gasteiger partial charge in [-0.1, -0.05) is 24.3 Å². The van der Waals surface area contributed by atoms with Crippen LogP contribution >= 0.6 is 0 Å². The SMILES string of the molecule is COc1cc(CC(=O)NCc2ccc(C(=O)N3CC(C)OC(C)C3)cc2)ccc1C. The van der Waals surface area contributed by atoms with Gasteiger partial charge in [-0.3, -0.25) is 9.59 Å². The fraction of sp³-hybridized carbons (Fsp3) is 0.417. The minimum atomic E-state index is -0.0580. The van der Waals surface area contributed by atoms with Gasteiger partial charge in [0.05, 0.1) is 25.7 Å². The molecule has 0 aromatic heterocycles. The van der Waals surface area contributed by atoms with Crippen molar-refractivity contribution < 1.29 is 19.1 Å². The van der Waals surface area contributed by atoms with Crippen molar-refractivity contribution in [2.24, 2.45) is 0 Å². The van der Waals surface area contributed by atoms with Crippen LogP contribution in [0, 0.1) is 6.92 Å². The number of hydrogen-bond acceptors (Lipinski definition) is 4. The lowest BCUT2D eigenvalue weighted by Crippen LogP contribution is -2.48. The maximum Gasteiger partial charge on any atom is 0.254 e. The summed E-state index contributed by atoms with van der Waals surface area (Å²) < 4.78 is 11.0. The second kappa shape index (κ2) is 9.76. The van der Waals surface area contributed by atoms with Gasteiger partial charge in [-0.25, -0.2) is 0 Å². The standard InChI is InChI=1S/C24H30N2O4/c1-16-5-6-20(11-22(16)29-4)12-23(27)25-13-19-7-9-21(10-8-19)24(28)26-14-17(2)30-18(3)15-26/h5-11,17-18H,12-15H2,1-4H3,(H,25,27). The highest BCUT2D eigenvalue weighted by Gasteiger charge is 2.26. The molecule has 0 saturated carbocycles. The Labute approximate surface area is 178 Å². The number of nitrogens with zero attached hydrogens (tertiary/aromatic N) is 1. The Hall–Kier alpha value is -2.86. The van der Waals surface area contributed by atoms with E-state index in [0.717, 1.165) is 22.4 Å². The number of hydrogen-bond donors (Lipinski definition) is 1. The van der Waals surface area contributed by atoms with Gasteiger partial charge in [0, 0.05) is 25.2 Å². The van der Waals surface area contributed by atoms with E-state index in [4.69, 9.17) is 9.47 Å². The molecule has 0 radical (unpaired) electrons. The Kier molecular flexibility index (Phi) is 7.11. The third-order valence-electron chi connectivity index (χ3n) is 5.23. The Bertz CT molecular complexity index is 885. The topological polar surface area (TPSA) is 67.9 Å². The molecule has 2 unspecified atom stereocenters. The molecule has 160 valence electrons. The maximum atomic E-state index is 12.7. The van der Waals surface area contributed by atoms with Crippen LogP contribution in [0.1, 0.15) is 40.9 Å². The lowest BCUT2D eigenvalue weighted by atomic mass is 10.1. The van der Waals surface area contributed by atoms with Crippen molar-refractivity contribution >= 4 is 11.8 Å². The van der Waals surface area contributed by atoms with E-state index >= 15 is 0 Å². The number of benzene rings is 2. The van der Waals surface area contributed by atoms with E-state index in [-0.39, 0.29) is 24.0 Å². The third-order valence-corrected chi connectivity index (χ3v) is 5.23. The minimum absolute atomic E-state index is 0.0147. The normalized spacial score (nSPS) is 18.7. The number of carbonyl (C=O) groups is 2. The van der Waals surface area contributed by atoms with Crippen molar-refractivity contribution in [3.63, 3.8) is 0 Å². The molecule has 1 N–H and O–H groups in total. The zero-order valence-corrected chi connectivity index (χ0v) is 18.1. The fourth-order valence-electron chi connectivity index (χ4n) is 3.71. The molecule has 1 fully saturated rings. The maximum absolute atomic E-state index is 12.7. The molecule has 0 aliphatic carbocycles. The first-order chi connectivity index (χ1) is 14.4. The lowest BCUT2D eigenvalue weighted by molar-refractivity contribution is -0.120. The number of carbonyl (C=O) groups excluding carboxylic acids is 2. The van der Waals surface area contributed by atoms with Crippen LogP contribution in [-0.4, -0.2) is 49.1 Å². The molecular weight excluding hydrogens is 380 g/mol. The van der Waals surface area contributed by atoms with Gasteiger partial charge < -0.3 is 19.7 Å². The number of amides is 2. The lowest BCUT2D eigenvalue weighted by Gasteiger charge is -2.35. The van der Waals surface area contributed by atoms with Crippen molar-refractivity contribution in [3.8, 4) is 5.75 Å². The molecular formula is C24H30N2O4. The fourth-order valence-corrected chi connectivity index (χ4v) is 3.71. The molecule has 2 atom stereocenters. The molecule has 1 heterocycles. The quantitative estimate of drug-likeness (QED) is 0.795. The molecule has 0 spiro atoms. The number of ether oxygens (including phenoxy) is 2. The number of aryl methyl sites for hydroxylation is 1. The predicted molar refractivity (Wildman–Crippen MR) is 116 cm³/mol.